The van der Waals surface area contributed by atoms with Crippen LogP contribution in [0.4, 0.5) is 0 Å². The smallest absolute Gasteiger partial charge is 0.307 e. The van der Waals surface area contributed by atoms with Crippen LogP contribution in [0.2, 0.25) is 0 Å². The number of aliphatic carboxylic acids is 1. The van der Waals surface area contributed by atoms with Crippen LogP contribution in [-0.2, 0) is 9.59 Å². The summed E-state index contributed by atoms with van der Waals surface area (Å²) < 4.78 is 0. The molecule has 0 radical (unpaired) electrons. The summed E-state index contributed by atoms with van der Waals surface area (Å²) in [5.74, 6) is -1.52. The average Bonchev–Trinajstić information content (AvgIpc) is 2.87. The number of hydrogen-bond acceptors (Lipinski definition) is 2. The second kappa shape index (κ2) is 7.51. The van der Waals surface area contributed by atoms with E-state index in [1.165, 1.54) is 0 Å². The van der Waals surface area contributed by atoms with Crippen molar-refractivity contribution in [2.24, 2.45) is 11.8 Å². The zero-order valence-electron chi connectivity index (χ0n) is 12.4. The molecule has 4 heteroatoms. The zero-order valence-corrected chi connectivity index (χ0v) is 12.4. The first kappa shape index (κ1) is 16.0. The largest absolute Gasteiger partial charge is 0.481 e. The van der Waals surface area contributed by atoms with Crippen molar-refractivity contribution in [3.63, 3.8) is 0 Å². The Morgan fingerprint density at radius 1 is 1.26 bits per heavy atom. The molecule has 0 aromatic heterocycles. The standard InChI is InChI=1S/C15H27NO3/c1-4-6-10-16(11(3)5-2)14(17)12-8-7-9-13(12)15(18)19/h11-13H,4-10H2,1-3H3,(H,18,19). The summed E-state index contributed by atoms with van der Waals surface area (Å²) in [6.45, 7) is 6.99. The summed E-state index contributed by atoms with van der Waals surface area (Å²) >= 11 is 0. The third-order valence-corrected chi connectivity index (χ3v) is 4.31. The molecule has 3 unspecified atom stereocenters. The van der Waals surface area contributed by atoms with Gasteiger partial charge in [-0.05, 0) is 32.6 Å². The number of carbonyl (C=O) groups excluding carboxylic acids is 1. The molecule has 19 heavy (non-hydrogen) atoms. The number of hydrogen-bond donors (Lipinski definition) is 1. The maximum atomic E-state index is 12.6. The quantitative estimate of drug-likeness (QED) is 0.773. The molecule has 1 N–H and O–H groups in total. The van der Waals surface area contributed by atoms with Gasteiger partial charge >= 0.3 is 5.97 Å². The van der Waals surface area contributed by atoms with Crippen LogP contribution in [0, 0.1) is 11.8 Å². The molecule has 0 aromatic carbocycles. The van der Waals surface area contributed by atoms with Crippen LogP contribution < -0.4 is 0 Å². The van der Waals surface area contributed by atoms with Gasteiger partial charge in [-0.15, -0.1) is 0 Å². The lowest BCUT2D eigenvalue weighted by atomic mass is 9.94. The third-order valence-electron chi connectivity index (χ3n) is 4.31. The Morgan fingerprint density at radius 3 is 2.42 bits per heavy atom. The van der Waals surface area contributed by atoms with E-state index in [0.717, 1.165) is 38.6 Å². The number of rotatable bonds is 7. The highest BCUT2D eigenvalue weighted by molar-refractivity contribution is 5.85. The fraction of sp³-hybridized carbons (Fsp3) is 0.867. The van der Waals surface area contributed by atoms with Crippen molar-refractivity contribution in [2.75, 3.05) is 6.54 Å². The Labute approximate surface area is 116 Å². The Hall–Kier alpha value is -1.06. The summed E-state index contributed by atoms with van der Waals surface area (Å²) in [6.07, 6.45) is 5.19. The van der Waals surface area contributed by atoms with E-state index < -0.39 is 11.9 Å². The van der Waals surface area contributed by atoms with E-state index in [4.69, 9.17) is 0 Å². The van der Waals surface area contributed by atoms with Gasteiger partial charge in [-0.2, -0.15) is 0 Å². The van der Waals surface area contributed by atoms with Crippen LogP contribution >= 0.6 is 0 Å². The van der Waals surface area contributed by atoms with Crippen LogP contribution in [0.3, 0.4) is 0 Å². The fourth-order valence-electron chi connectivity index (χ4n) is 2.86. The highest BCUT2D eigenvalue weighted by Crippen LogP contribution is 2.34. The van der Waals surface area contributed by atoms with Gasteiger partial charge in [0, 0.05) is 12.6 Å². The topological polar surface area (TPSA) is 57.6 Å². The lowest BCUT2D eigenvalue weighted by Gasteiger charge is -2.32. The second-order valence-electron chi connectivity index (χ2n) is 5.62. The maximum Gasteiger partial charge on any atom is 0.307 e. The molecule has 110 valence electrons. The number of carbonyl (C=O) groups is 2. The number of unbranched alkanes of at least 4 members (excludes halogenated alkanes) is 1. The van der Waals surface area contributed by atoms with Crippen molar-refractivity contribution in [3.05, 3.63) is 0 Å². The molecule has 1 aliphatic carbocycles. The van der Waals surface area contributed by atoms with Gasteiger partial charge in [0.15, 0.2) is 0 Å². The lowest BCUT2D eigenvalue weighted by molar-refractivity contribution is -0.150. The van der Waals surface area contributed by atoms with Gasteiger partial charge in [0.05, 0.1) is 11.8 Å². The molecular formula is C15H27NO3. The van der Waals surface area contributed by atoms with Crippen molar-refractivity contribution in [3.8, 4) is 0 Å². The number of carboxylic acids is 1. The van der Waals surface area contributed by atoms with Gasteiger partial charge in [-0.3, -0.25) is 9.59 Å². The normalized spacial score (nSPS) is 24.2. The van der Waals surface area contributed by atoms with Crippen LogP contribution in [-0.4, -0.2) is 34.5 Å². The minimum absolute atomic E-state index is 0.0627. The first-order valence-corrected chi connectivity index (χ1v) is 7.56. The Morgan fingerprint density at radius 2 is 1.89 bits per heavy atom. The predicted octanol–water partition coefficient (Wildman–Crippen LogP) is 2.91. The van der Waals surface area contributed by atoms with Crippen molar-refractivity contribution >= 4 is 11.9 Å². The van der Waals surface area contributed by atoms with Crippen LogP contribution in [0.5, 0.6) is 0 Å². The Bertz CT molecular complexity index is 317. The summed E-state index contributed by atoms with van der Waals surface area (Å²) in [7, 11) is 0. The third kappa shape index (κ3) is 3.95. The van der Waals surface area contributed by atoms with Crippen LogP contribution in [0.25, 0.3) is 0 Å². The van der Waals surface area contributed by atoms with Crippen molar-refractivity contribution in [1.82, 2.24) is 4.90 Å². The molecule has 0 aliphatic heterocycles. The molecule has 3 atom stereocenters. The molecule has 1 amide bonds. The second-order valence-corrected chi connectivity index (χ2v) is 5.62. The number of nitrogens with zero attached hydrogens (tertiary/aromatic N) is 1. The molecule has 1 saturated carbocycles. The highest BCUT2D eigenvalue weighted by Gasteiger charge is 2.40. The minimum atomic E-state index is -0.810. The predicted molar refractivity (Wildman–Crippen MR) is 74.8 cm³/mol. The van der Waals surface area contributed by atoms with Gasteiger partial charge in [0.2, 0.25) is 5.91 Å². The zero-order chi connectivity index (χ0) is 14.4. The van der Waals surface area contributed by atoms with Gasteiger partial charge in [0.25, 0.3) is 0 Å². The summed E-state index contributed by atoms with van der Waals surface area (Å²) in [5, 5.41) is 9.22. The molecule has 1 rings (SSSR count). The summed E-state index contributed by atoms with van der Waals surface area (Å²) in [4.78, 5) is 25.8. The minimum Gasteiger partial charge on any atom is -0.481 e. The first-order valence-electron chi connectivity index (χ1n) is 7.56. The molecule has 0 spiro atoms. The van der Waals surface area contributed by atoms with Gasteiger partial charge < -0.3 is 10.0 Å². The first-order chi connectivity index (χ1) is 9.02. The van der Waals surface area contributed by atoms with Crippen molar-refractivity contribution in [2.45, 2.75) is 65.3 Å². The van der Waals surface area contributed by atoms with E-state index in [9.17, 15) is 14.7 Å². The molecule has 0 heterocycles. The van der Waals surface area contributed by atoms with Gasteiger partial charge in [-0.1, -0.05) is 26.7 Å². The van der Waals surface area contributed by atoms with Gasteiger partial charge in [0.1, 0.15) is 0 Å². The molecule has 0 aromatic rings. The number of amides is 1. The molecule has 0 bridgehead atoms. The van der Waals surface area contributed by atoms with E-state index in [1.54, 1.807) is 0 Å². The van der Waals surface area contributed by atoms with Gasteiger partial charge in [-0.25, -0.2) is 0 Å². The number of carboxylic acid groups (broad SMARTS) is 1. The Kier molecular flexibility index (Phi) is 6.32. The van der Waals surface area contributed by atoms with Crippen molar-refractivity contribution < 1.29 is 14.7 Å². The lowest BCUT2D eigenvalue weighted by Crippen LogP contribution is -2.44. The van der Waals surface area contributed by atoms with E-state index in [0.29, 0.717) is 6.42 Å². The van der Waals surface area contributed by atoms with E-state index in [2.05, 4.69) is 20.8 Å². The fourth-order valence-corrected chi connectivity index (χ4v) is 2.86. The Balaban J connectivity index is 2.77. The van der Waals surface area contributed by atoms with Crippen molar-refractivity contribution in [1.29, 1.82) is 0 Å². The van der Waals surface area contributed by atoms with Crippen LogP contribution in [0.1, 0.15) is 59.3 Å². The summed E-state index contributed by atoms with van der Waals surface area (Å²) in [6, 6.07) is 0.203. The average molecular weight is 269 g/mol. The molecule has 1 aliphatic rings. The van der Waals surface area contributed by atoms with Crippen LogP contribution in [0.15, 0.2) is 0 Å². The summed E-state index contributed by atoms with van der Waals surface area (Å²) in [5.41, 5.74) is 0. The highest BCUT2D eigenvalue weighted by atomic mass is 16.4. The van der Waals surface area contributed by atoms with E-state index in [1.807, 2.05) is 4.90 Å². The van der Waals surface area contributed by atoms with E-state index in [-0.39, 0.29) is 17.9 Å². The monoisotopic (exact) mass is 269 g/mol. The molecule has 4 nitrogen and oxygen atoms in total. The maximum absolute atomic E-state index is 12.6. The SMILES string of the molecule is CCCCN(C(=O)C1CCCC1C(=O)O)C(C)CC. The molecule has 0 saturated heterocycles. The van der Waals surface area contributed by atoms with E-state index >= 15 is 0 Å². The molecule has 1 fully saturated rings. The molecular weight excluding hydrogens is 242 g/mol.